The molecular weight excluding hydrogens is 244 g/mol. The molecule has 0 spiro atoms. The van der Waals surface area contributed by atoms with E-state index in [1.807, 2.05) is 6.92 Å². The van der Waals surface area contributed by atoms with Crippen molar-refractivity contribution >= 4 is 10.1 Å². The Hall–Kier alpha value is -0.170. The highest BCUT2D eigenvalue weighted by Crippen LogP contribution is 2.15. The molecule has 102 valence electrons. The van der Waals surface area contributed by atoms with Crippen molar-refractivity contribution in [2.24, 2.45) is 5.92 Å². The number of hydrogen-bond acceptors (Lipinski definition) is 5. The fourth-order valence-corrected chi connectivity index (χ4v) is 2.03. The summed E-state index contributed by atoms with van der Waals surface area (Å²) in [7, 11) is -3.36. The van der Waals surface area contributed by atoms with E-state index in [1.165, 1.54) is 0 Å². The quantitative estimate of drug-likeness (QED) is 0.654. The lowest BCUT2D eigenvalue weighted by molar-refractivity contribution is -0.170. The van der Waals surface area contributed by atoms with Crippen LogP contribution in [0.1, 0.15) is 32.6 Å². The molecule has 0 amide bonds. The molecule has 1 fully saturated rings. The van der Waals surface area contributed by atoms with Crippen LogP contribution in [0.25, 0.3) is 0 Å². The first-order valence-corrected chi connectivity index (χ1v) is 7.90. The monoisotopic (exact) mass is 266 g/mol. The molecule has 6 heteroatoms. The van der Waals surface area contributed by atoms with Gasteiger partial charge in [-0.1, -0.05) is 6.92 Å². The third kappa shape index (κ3) is 6.98. The summed E-state index contributed by atoms with van der Waals surface area (Å²) in [4.78, 5) is 0. The van der Waals surface area contributed by atoms with Gasteiger partial charge in [-0.15, -0.1) is 0 Å². The van der Waals surface area contributed by atoms with E-state index < -0.39 is 10.1 Å². The van der Waals surface area contributed by atoms with Crippen molar-refractivity contribution in [3.63, 3.8) is 0 Å². The molecule has 1 aliphatic rings. The molecule has 1 saturated heterocycles. The van der Waals surface area contributed by atoms with Gasteiger partial charge in [0, 0.05) is 12.5 Å². The van der Waals surface area contributed by atoms with Crippen LogP contribution in [-0.4, -0.2) is 40.8 Å². The van der Waals surface area contributed by atoms with Crippen molar-refractivity contribution < 1.29 is 22.1 Å². The average Bonchev–Trinajstić information content (AvgIpc) is 2.29. The third-order valence-electron chi connectivity index (χ3n) is 2.75. The molecule has 5 nitrogen and oxygen atoms in total. The van der Waals surface area contributed by atoms with E-state index in [0.717, 1.165) is 38.5 Å². The van der Waals surface area contributed by atoms with Crippen molar-refractivity contribution in [2.45, 2.75) is 38.9 Å². The Bertz CT molecular complexity index is 295. The van der Waals surface area contributed by atoms with E-state index in [9.17, 15) is 8.42 Å². The van der Waals surface area contributed by atoms with Crippen LogP contribution in [-0.2, 0) is 23.8 Å². The van der Waals surface area contributed by atoms with Crippen molar-refractivity contribution in [2.75, 3.05) is 26.1 Å². The van der Waals surface area contributed by atoms with Gasteiger partial charge in [-0.25, -0.2) is 0 Å². The maximum absolute atomic E-state index is 10.9. The summed E-state index contributed by atoms with van der Waals surface area (Å²) in [6.45, 7) is 3.40. The van der Waals surface area contributed by atoms with Gasteiger partial charge >= 0.3 is 0 Å². The van der Waals surface area contributed by atoms with Crippen LogP contribution in [0.4, 0.5) is 0 Å². The first-order chi connectivity index (χ1) is 8.01. The van der Waals surface area contributed by atoms with Crippen molar-refractivity contribution in [1.82, 2.24) is 0 Å². The van der Waals surface area contributed by atoms with E-state index in [4.69, 9.17) is 13.7 Å². The molecule has 1 aliphatic heterocycles. The smallest absolute Gasteiger partial charge is 0.264 e. The van der Waals surface area contributed by atoms with Crippen LogP contribution in [0.3, 0.4) is 0 Å². The molecule has 0 aliphatic carbocycles. The third-order valence-corrected chi connectivity index (χ3v) is 3.32. The molecule has 2 atom stereocenters. The van der Waals surface area contributed by atoms with Crippen LogP contribution >= 0.6 is 0 Å². The van der Waals surface area contributed by atoms with Crippen LogP contribution in [0.2, 0.25) is 0 Å². The number of hydrogen-bond donors (Lipinski definition) is 0. The molecule has 1 heterocycles. The molecule has 0 radical (unpaired) electrons. The van der Waals surface area contributed by atoms with Gasteiger partial charge in [-0.05, 0) is 25.7 Å². The largest absolute Gasteiger partial charge is 0.353 e. The van der Waals surface area contributed by atoms with Crippen molar-refractivity contribution in [3.05, 3.63) is 0 Å². The second kappa shape index (κ2) is 7.31. The molecule has 0 aromatic rings. The molecular formula is C11H22O5S. The van der Waals surface area contributed by atoms with Crippen LogP contribution in [0.15, 0.2) is 0 Å². The number of ether oxygens (including phenoxy) is 2. The standard InChI is InChI=1S/C11H22O5S/c1-3-10(9-16-17(2,12)13)8-15-11-6-4-5-7-14-11/h10-11H,3-9H2,1-2H3/t10-,11?/m0/s1. The van der Waals surface area contributed by atoms with Gasteiger partial charge in [0.15, 0.2) is 6.29 Å². The zero-order chi connectivity index (χ0) is 12.7. The van der Waals surface area contributed by atoms with Crippen LogP contribution in [0, 0.1) is 5.92 Å². The number of rotatable bonds is 7. The Balaban J connectivity index is 2.21. The SMILES string of the molecule is CC[C@@H](COC1CCCCO1)COS(C)(=O)=O. The minimum atomic E-state index is -3.36. The maximum Gasteiger partial charge on any atom is 0.264 e. The van der Waals surface area contributed by atoms with Gasteiger partial charge in [0.1, 0.15) is 0 Å². The highest BCUT2D eigenvalue weighted by Gasteiger charge is 2.17. The zero-order valence-corrected chi connectivity index (χ0v) is 11.4. The molecule has 0 aromatic carbocycles. The lowest BCUT2D eigenvalue weighted by atomic mass is 10.1. The summed E-state index contributed by atoms with van der Waals surface area (Å²) in [5.41, 5.74) is 0. The summed E-state index contributed by atoms with van der Waals surface area (Å²) >= 11 is 0. The summed E-state index contributed by atoms with van der Waals surface area (Å²) in [6, 6.07) is 0. The summed E-state index contributed by atoms with van der Waals surface area (Å²) in [5, 5.41) is 0. The lowest BCUT2D eigenvalue weighted by Gasteiger charge is -2.24. The van der Waals surface area contributed by atoms with Gasteiger partial charge in [-0.2, -0.15) is 8.42 Å². The Morgan fingerprint density at radius 2 is 2.12 bits per heavy atom. The van der Waals surface area contributed by atoms with E-state index in [1.54, 1.807) is 0 Å². The van der Waals surface area contributed by atoms with E-state index in [0.29, 0.717) is 6.61 Å². The minimum Gasteiger partial charge on any atom is -0.353 e. The van der Waals surface area contributed by atoms with Gasteiger partial charge in [0.25, 0.3) is 10.1 Å². The van der Waals surface area contributed by atoms with E-state index in [2.05, 4.69) is 0 Å². The van der Waals surface area contributed by atoms with E-state index >= 15 is 0 Å². The molecule has 1 rings (SSSR count). The second-order valence-electron chi connectivity index (χ2n) is 4.39. The van der Waals surface area contributed by atoms with Gasteiger partial charge < -0.3 is 9.47 Å². The molecule has 0 saturated carbocycles. The van der Waals surface area contributed by atoms with E-state index in [-0.39, 0.29) is 18.8 Å². The van der Waals surface area contributed by atoms with Gasteiger partial charge in [0.05, 0.1) is 19.5 Å². The van der Waals surface area contributed by atoms with Gasteiger partial charge in [0.2, 0.25) is 0 Å². The predicted molar refractivity (Wildman–Crippen MR) is 64.1 cm³/mol. The first kappa shape index (κ1) is 14.9. The first-order valence-electron chi connectivity index (χ1n) is 6.09. The normalized spacial score (nSPS) is 23.5. The Kier molecular flexibility index (Phi) is 6.40. The zero-order valence-electron chi connectivity index (χ0n) is 10.6. The predicted octanol–water partition coefficient (Wildman–Crippen LogP) is 1.53. The second-order valence-corrected chi connectivity index (χ2v) is 6.04. The van der Waals surface area contributed by atoms with Gasteiger partial charge in [-0.3, -0.25) is 4.18 Å². The fourth-order valence-electron chi connectivity index (χ4n) is 1.59. The van der Waals surface area contributed by atoms with Crippen molar-refractivity contribution in [1.29, 1.82) is 0 Å². The molecule has 1 unspecified atom stereocenters. The summed E-state index contributed by atoms with van der Waals surface area (Å²) in [5.74, 6) is 0.0928. The Morgan fingerprint density at radius 3 is 2.65 bits per heavy atom. The highest BCUT2D eigenvalue weighted by atomic mass is 32.2. The summed E-state index contributed by atoms with van der Waals surface area (Å²) in [6.07, 6.45) is 4.89. The Labute approximate surface area is 104 Å². The topological polar surface area (TPSA) is 61.8 Å². The van der Waals surface area contributed by atoms with Crippen LogP contribution < -0.4 is 0 Å². The lowest BCUT2D eigenvalue weighted by Crippen LogP contribution is -2.26. The summed E-state index contributed by atoms with van der Waals surface area (Å²) < 4.78 is 37.6. The maximum atomic E-state index is 10.9. The average molecular weight is 266 g/mol. The molecule has 17 heavy (non-hydrogen) atoms. The molecule has 0 N–H and O–H groups in total. The minimum absolute atomic E-state index is 0.0928. The van der Waals surface area contributed by atoms with Crippen molar-refractivity contribution in [3.8, 4) is 0 Å². The molecule has 0 bridgehead atoms. The Morgan fingerprint density at radius 1 is 1.35 bits per heavy atom. The highest BCUT2D eigenvalue weighted by molar-refractivity contribution is 7.85. The van der Waals surface area contributed by atoms with Crippen LogP contribution in [0.5, 0.6) is 0 Å². The fraction of sp³-hybridized carbons (Fsp3) is 1.00. The molecule has 0 aromatic heterocycles.